The number of H-pyrrole nitrogens is 1. The van der Waals surface area contributed by atoms with Crippen LogP contribution in [-0.4, -0.2) is 69.8 Å². The molecule has 0 bridgehead atoms. The lowest BCUT2D eigenvalue weighted by Crippen LogP contribution is -2.56. The number of carbonyl (C=O) groups excluding carboxylic acids is 4. The molecule has 0 aliphatic heterocycles. The van der Waals surface area contributed by atoms with Gasteiger partial charge >= 0.3 is 12.1 Å². The van der Waals surface area contributed by atoms with Crippen LogP contribution in [0.25, 0.3) is 22.0 Å². The molecule has 6 rings (SSSR count). The molecule has 57 heavy (non-hydrogen) atoms. The molecule has 0 spiro atoms. The molecular formula is C41H38F3N7O5S. The van der Waals surface area contributed by atoms with Crippen molar-refractivity contribution in [2.24, 2.45) is 0 Å². The van der Waals surface area contributed by atoms with Gasteiger partial charge in [0.15, 0.2) is 5.69 Å². The van der Waals surface area contributed by atoms with Crippen molar-refractivity contribution in [1.29, 1.82) is 0 Å². The summed E-state index contributed by atoms with van der Waals surface area (Å²) in [5.41, 5.74) is 8.59. The van der Waals surface area contributed by atoms with E-state index in [9.17, 15) is 32.3 Å². The van der Waals surface area contributed by atoms with E-state index < -0.39 is 59.2 Å². The molecule has 3 amide bonds. The number of benzene rings is 3. The van der Waals surface area contributed by atoms with Gasteiger partial charge in [-0.3, -0.25) is 25.2 Å². The number of aromatic nitrogens is 3. The summed E-state index contributed by atoms with van der Waals surface area (Å²) in [5, 5.41) is 7.62. The van der Waals surface area contributed by atoms with Gasteiger partial charge < -0.3 is 19.9 Å². The van der Waals surface area contributed by atoms with Gasteiger partial charge in [0.2, 0.25) is 11.9 Å². The normalized spacial score (nSPS) is 12.4. The van der Waals surface area contributed by atoms with Crippen molar-refractivity contribution in [3.05, 3.63) is 135 Å². The van der Waals surface area contributed by atoms with Crippen molar-refractivity contribution < 1.29 is 37.1 Å². The third-order valence-corrected chi connectivity index (χ3v) is 9.98. The van der Waals surface area contributed by atoms with Crippen LogP contribution < -0.4 is 16.2 Å². The van der Waals surface area contributed by atoms with Crippen molar-refractivity contribution >= 4 is 51.9 Å². The number of hydrogen-bond donors (Lipinski definition) is 4. The van der Waals surface area contributed by atoms with Crippen LogP contribution in [0.3, 0.4) is 0 Å². The standard InChI is InChI=1S/C41H38F3N7O5S/c1-23-15-24(2)17-28(16-23)38(54)51(3)34(18-25-9-11-26(12-10-25)27-13-14-57-22-27)37(53)47-33(19-29-20-45-32-8-6-5-7-30(29)32)36(52)49-50-40-46-21-31(41(42,43)44)35(48-40)39(55)56-4/h5-17,20-22,33-34,45H,18-19H2,1-4H3,(H,47,53)(H,49,52)(H,46,48,50)/t33-,34+/m0/s1. The van der Waals surface area contributed by atoms with Crippen molar-refractivity contribution in [2.75, 3.05) is 19.6 Å². The number of likely N-dealkylation sites (N-methyl/N-ethyl adjacent to an activating group) is 1. The predicted molar refractivity (Wildman–Crippen MR) is 209 cm³/mol. The van der Waals surface area contributed by atoms with Crippen LogP contribution in [0, 0.1) is 13.8 Å². The second-order valence-electron chi connectivity index (χ2n) is 13.4. The van der Waals surface area contributed by atoms with Gasteiger partial charge in [0, 0.05) is 48.7 Å². The Morgan fingerprint density at radius 2 is 1.65 bits per heavy atom. The average molecular weight is 798 g/mol. The first-order valence-corrected chi connectivity index (χ1v) is 18.6. The van der Waals surface area contributed by atoms with E-state index in [1.165, 1.54) is 11.9 Å². The molecule has 0 unspecified atom stereocenters. The van der Waals surface area contributed by atoms with Crippen LogP contribution >= 0.6 is 11.3 Å². The molecule has 16 heteroatoms. The number of esters is 1. The Labute approximate surface area is 329 Å². The summed E-state index contributed by atoms with van der Waals surface area (Å²) < 4.78 is 45.2. The largest absolute Gasteiger partial charge is 0.464 e. The number of alkyl halides is 3. The van der Waals surface area contributed by atoms with E-state index in [0.29, 0.717) is 17.3 Å². The van der Waals surface area contributed by atoms with Crippen LogP contribution in [0.1, 0.15) is 48.7 Å². The lowest BCUT2D eigenvalue weighted by atomic mass is 9.99. The molecule has 12 nitrogen and oxygen atoms in total. The second kappa shape index (κ2) is 17.1. The Kier molecular flexibility index (Phi) is 12.0. The van der Waals surface area contributed by atoms with Gasteiger partial charge in [-0.2, -0.15) is 24.5 Å². The van der Waals surface area contributed by atoms with E-state index in [1.807, 2.05) is 85.3 Å². The van der Waals surface area contributed by atoms with E-state index in [1.54, 1.807) is 29.7 Å². The Balaban J connectivity index is 1.30. The molecule has 3 aromatic heterocycles. The summed E-state index contributed by atoms with van der Waals surface area (Å²) in [6.07, 6.45) is -2.82. The minimum Gasteiger partial charge on any atom is -0.464 e. The highest BCUT2D eigenvalue weighted by atomic mass is 32.1. The smallest absolute Gasteiger partial charge is 0.420 e. The molecule has 3 aromatic carbocycles. The Bertz CT molecular complexity index is 2400. The van der Waals surface area contributed by atoms with Crippen LogP contribution in [0.2, 0.25) is 0 Å². The number of methoxy groups -OCH3 is 1. The van der Waals surface area contributed by atoms with E-state index in [-0.39, 0.29) is 12.8 Å². The molecule has 6 aromatic rings. The van der Waals surface area contributed by atoms with Gasteiger partial charge in [0.25, 0.3) is 11.8 Å². The summed E-state index contributed by atoms with van der Waals surface area (Å²) in [6.45, 7) is 3.74. The number of nitrogens with one attached hydrogen (secondary N) is 4. The number of halogens is 3. The number of anilines is 1. The SMILES string of the molecule is COC(=O)c1nc(NNC(=O)[C@H](Cc2c[nH]c3ccccc23)NC(=O)[C@@H](Cc2ccc(-c3ccsc3)cc2)N(C)C(=O)c2cc(C)cc(C)c2)ncc1C(F)(F)F. The number of thiophene rings is 1. The Morgan fingerprint density at radius 3 is 2.32 bits per heavy atom. The maximum atomic E-state index is 14.5. The summed E-state index contributed by atoms with van der Waals surface area (Å²) in [5.74, 6) is -3.78. The van der Waals surface area contributed by atoms with Crippen molar-refractivity contribution in [2.45, 2.75) is 44.9 Å². The predicted octanol–water partition coefficient (Wildman–Crippen LogP) is 6.66. The molecule has 0 aliphatic carbocycles. The number of para-hydroxylation sites is 1. The Morgan fingerprint density at radius 1 is 0.930 bits per heavy atom. The maximum Gasteiger partial charge on any atom is 0.420 e. The lowest BCUT2D eigenvalue weighted by molar-refractivity contribution is -0.138. The van der Waals surface area contributed by atoms with Gasteiger partial charge in [0.1, 0.15) is 17.6 Å². The molecule has 3 heterocycles. The average Bonchev–Trinajstić information content (AvgIpc) is 3.88. The third-order valence-electron chi connectivity index (χ3n) is 9.30. The fourth-order valence-corrected chi connectivity index (χ4v) is 7.10. The zero-order valence-corrected chi connectivity index (χ0v) is 32.0. The molecule has 0 fully saturated rings. The molecule has 4 N–H and O–H groups in total. The van der Waals surface area contributed by atoms with Gasteiger partial charge in [0.05, 0.1) is 7.11 Å². The minimum absolute atomic E-state index is 0.0403. The number of hydrogen-bond acceptors (Lipinski definition) is 9. The van der Waals surface area contributed by atoms with Gasteiger partial charge in [-0.15, -0.1) is 0 Å². The van der Waals surface area contributed by atoms with Crippen LogP contribution in [-0.2, 0) is 33.3 Å². The number of aryl methyl sites for hydroxylation is 2. The highest BCUT2D eigenvalue weighted by Gasteiger charge is 2.38. The first kappa shape index (κ1) is 40.1. The number of fused-ring (bicyclic) bond motifs is 1. The van der Waals surface area contributed by atoms with E-state index in [2.05, 4.69) is 35.9 Å². The molecule has 2 atom stereocenters. The van der Waals surface area contributed by atoms with Gasteiger partial charge in [-0.1, -0.05) is 59.7 Å². The van der Waals surface area contributed by atoms with Crippen molar-refractivity contribution in [1.82, 2.24) is 30.6 Å². The fourth-order valence-electron chi connectivity index (χ4n) is 6.44. The van der Waals surface area contributed by atoms with E-state index in [0.717, 1.165) is 45.8 Å². The first-order valence-electron chi connectivity index (χ1n) is 17.6. The topological polar surface area (TPSA) is 158 Å². The first-order chi connectivity index (χ1) is 27.2. The zero-order chi connectivity index (χ0) is 40.9. The van der Waals surface area contributed by atoms with Crippen molar-refractivity contribution in [3.8, 4) is 11.1 Å². The van der Waals surface area contributed by atoms with Gasteiger partial charge in [-0.25, -0.2) is 14.8 Å². The number of ether oxygens (including phenoxy) is 1. The third kappa shape index (κ3) is 9.47. The number of rotatable bonds is 13. The van der Waals surface area contributed by atoms with Crippen LogP contribution in [0.4, 0.5) is 19.1 Å². The summed E-state index contributed by atoms with van der Waals surface area (Å²) in [7, 11) is 2.43. The molecule has 294 valence electrons. The molecule has 0 saturated heterocycles. The number of carbonyl (C=O) groups is 4. The second-order valence-corrected chi connectivity index (χ2v) is 14.2. The summed E-state index contributed by atoms with van der Waals surface area (Å²) in [4.78, 5) is 66.3. The highest BCUT2D eigenvalue weighted by Crippen LogP contribution is 2.31. The van der Waals surface area contributed by atoms with Crippen LogP contribution in [0.5, 0.6) is 0 Å². The van der Waals surface area contributed by atoms with Crippen LogP contribution in [0.15, 0.2) is 96.0 Å². The molecular weight excluding hydrogens is 760 g/mol. The number of hydrazine groups is 1. The fraction of sp³-hybridized carbons (Fsp3) is 0.220. The number of nitrogens with zero attached hydrogens (tertiary/aromatic N) is 3. The Hall–Kier alpha value is -6.55. The molecule has 0 radical (unpaired) electrons. The molecule has 0 aliphatic rings. The monoisotopic (exact) mass is 797 g/mol. The maximum absolute atomic E-state index is 14.5. The summed E-state index contributed by atoms with van der Waals surface area (Å²) in [6, 6.07) is 20.0. The number of amides is 3. The molecule has 0 saturated carbocycles. The van der Waals surface area contributed by atoms with Gasteiger partial charge in [-0.05, 0) is 71.1 Å². The van der Waals surface area contributed by atoms with Crippen molar-refractivity contribution in [3.63, 3.8) is 0 Å². The zero-order valence-electron chi connectivity index (χ0n) is 31.2. The quantitative estimate of drug-likeness (QED) is 0.0746. The minimum atomic E-state index is -4.96. The lowest BCUT2D eigenvalue weighted by Gasteiger charge is -2.30. The summed E-state index contributed by atoms with van der Waals surface area (Å²) >= 11 is 1.57. The highest BCUT2D eigenvalue weighted by molar-refractivity contribution is 7.08. The number of aromatic amines is 1. The van der Waals surface area contributed by atoms with E-state index in [4.69, 9.17) is 0 Å². The van der Waals surface area contributed by atoms with E-state index >= 15 is 0 Å².